The number of ether oxygens (including phenoxy) is 1. The predicted octanol–water partition coefficient (Wildman–Crippen LogP) is 2.03. The maximum atomic E-state index is 11.6. The van der Waals surface area contributed by atoms with Crippen molar-refractivity contribution < 1.29 is 24.5 Å². The summed E-state index contributed by atoms with van der Waals surface area (Å²) in [4.78, 5) is 22.5. The standard InChI is InChI=1S/C14H20N2O5/c1-21-8-4-2-3-7-15-14(20)16-10-5-6-12(17)11(9-10)13(18)19/h5-6,9,17H,2-4,7-8H2,1H3,(H,18,19)(H2,15,16,20). The lowest BCUT2D eigenvalue weighted by atomic mass is 10.2. The fourth-order valence-corrected chi connectivity index (χ4v) is 1.71. The predicted molar refractivity (Wildman–Crippen MR) is 77.8 cm³/mol. The van der Waals surface area contributed by atoms with Crippen LogP contribution >= 0.6 is 0 Å². The third-order valence-corrected chi connectivity index (χ3v) is 2.80. The van der Waals surface area contributed by atoms with E-state index in [2.05, 4.69) is 10.6 Å². The van der Waals surface area contributed by atoms with E-state index < -0.39 is 12.0 Å². The van der Waals surface area contributed by atoms with Gasteiger partial charge >= 0.3 is 12.0 Å². The quantitative estimate of drug-likeness (QED) is 0.433. The van der Waals surface area contributed by atoms with Crippen molar-refractivity contribution in [2.75, 3.05) is 25.6 Å². The van der Waals surface area contributed by atoms with E-state index in [1.807, 2.05) is 0 Å². The van der Waals surface area contributed by atoms with E-state index in [0.717, 1.165) is 19.3 Å². The van der Waals surface area contributed by atoms with Crippen molar-refractivity contribution in [2.45, 2.75) is 19.3 Å². The van der Waals surface area contributed by atoms with E-state index in [-0.39, 0.29) is 11.3 Å². The second-order valence-electron chi connectivity index (χ2n) is 4.47. The Balaban J connectivity index is 2.38. The Hall–Kier alpha value is -2.28. The van der Waals surface area contributed by atoms with E-state index >= 15 is 0 Å². The molecule has 0 aliphatic carbocycles. The molecule has 4 N–H and O–H groups in total. The summed E-state index contributed by atoms with van der Waals surface area (Å²) in [6.45, 7) is 1.23. The average Bonchev–Trinajstić information content (AvgIpc) is 2.44. The fraction of sp³-hybridized carbons (Fsp3) is 0.429. The van der Waals surface area contributed by atoms with E-state index in [1.54, 1.807) is 7.11 Å². The number of hydrogen-bond donors (Lipinski definition) is 4. The fourth-order valence-electron chi connectivity index (χ4n) is 1.71. The molecule has 0 aromatic heterocycles. The summed E-state index contributed by atoms with van der Waals surface area (Å²) in [7, 11) is 1.65. The second kappa shape index (κ2) is 8.80. The van der Waals surface area contributed by atoms with E-state index in [0.29, 0.717) is 18.8 Å². The number of phenols is 1. The topological polar surface area (TPSA) is 108 Å². The number of carbonyl (C=O) groups is 2. The monoisotopic (exact) mass is 296 g/mol. The minimum atomic E-state index is -1.25. The Morgan fingerprint density at radius 1 is 1.24 bits per heavy atom. The number of carboxylic acid groups (broad SMARTS) is 1. The summed E-state index contributed by atoms with van der Waals surface area (Å²) in [6, 6.07) is 3.45. The summed E-state index contributed by atoms with van der Waals surface area (Å²) in [5.74, 6) is -1.60. The molecular weight excluding hydrogens is 276 g/mol. The number of carbonyl (C=O) groups excluding carboxylic acids is 1. The van der Waals surface area contributed by atoms with Gasteiger partial charge in [-0.25, -0.2) is 9.59 Å². The molecule has 0 fully saturated rings. The number of aromatic carboxylic acids is 1. The van der Waals surface area contributed by atoms with Crippen molar-refractivity contribution in [3.8, 4) is 5.75 Å². The zero-order valence-electron chi connectivity index (χ0n) is 11.9. The summed E-state index contributed by atoms with van der Waals surface area (Å²) in [6.07, 6.45) is 2.74. The number of anilines is 1. The van der Waals surface area contributed by atoms with Crippen LogP contribution in [-0.4, -0.2) is 42.5 Å². The molecule has 0 radical (unpaired) electrons. The largest absolute Gasteiger partial charge is 0.507 e. The molecule has 0 aliphatic heterocycles. The molecule has 0 aliphatic rings. The van der Waals surface area contributed by atoms with Crippen molar-refractivity contribution in [1.29, 1.82) is 0 Å². The summed E-state index contributed by atoms with van der Waals surface area (Å²) >= 11 is 0. The molecule has 1 aromatic rings. The van der Waals surface area contributed by atoms with Crippen LogP contribution in [0.3, 0.4) is 0 Å². The normalized spacial score (nSPS) is 10.1. The van der Waals surface area contributed by atoms with E-state index in [4.69, 9.17) is 9.84 Å². The lowest BCUT2D eigenvalue weighted by Crippen LogP contribution is -2.29. The van der Waals surface area contributed by atoms with Gasteiger partial charge in [0.2, 0.25) is 0 Å². The number of aromatic hydroxyl groups is 1. The van der Waals surface area contributed by atoms with Crippen LogP contribution in [0.25, 0.3) is 0 Å². The van der Waals surface area contributed by atoms with Gasteiger partial charge in [0.1, 0.15) is 11.3 Å². The highest BCUT2D eigenvalue weighted by molar-refractivity contribution is 5.95. The third kappa shape index (κ3) is 6.13. The molecule has 0 atom stereocenters. The molecule has 2 amide bonds. The summed E-state index contributed by atoms with van der Waals surface area (Å²) in [5, 5.41) is 23.4. The lowest BCUT2D eigenvalue weighted by molar-refractivity contribution is 0.0693. The first kappa shape index (κ1) is 16.8. The number of benzene rings is 1. The molecule has 1 aromatic carbocycles. The Morgan fingerprint density at radius 3 is 2.67 bits per heavy atom. The zero-order chi connectivity index (χ0) is 15.7. The molecule has 0 saturated heterocycles. The third-order valence-electron chi connectivity index (χ3n) is 2.80. The first-order chi connectivity index (χ1) is 10.0. The number of methoxy groups -OCH3 is 1. The number of amides is 2. The minimum absolute atomic E-state index is 0.257. The van der Waals surface area contributed by atoms with Gasteiger partial charge in [-0.1, -0.05) is 0 Å². The number of carboxylic acids is 1. The van der Waals surface area contributed by atoms with Crippen LogP contribution in [0.1, 0.15) is 29.6 Å². The van der Waals surface area contributed by atoms with Crippen molar-refractivity contribution in [2.24, 2.45) is 0 Å². The maximum absolute atomic E-state index is 11.6. The highest BCUT2D eigenvalue weighted by Gasteiger charge is 2.11. The van der Waals surface area contributed by atoms with Crippen molar-refractivity contribution in [3.63, 3.8) is 0 Å². The molecule has 7 heteroatoms. The van der Waals surface area contributed by atoms with Crippen LogP contribution < -0.4 is 10.6 Å². The van der Waals surface area contributed by atoms with Gasteiger partial charge in [0, 0.05) is 25.9 Å². The molecule has 1 rings (SSSR count). The molecule has 0 heterocycles. The molecule has 0 spiro atoms. The van der Waals surface area contributed by atoms with Gasteiger partial charge in [-0.05, 0) is 37.5 Å². The smallest absolute Gasteiger partial charge is 0.339 e. The Kier molecular flexibility index (Phi) is 7.03. The van der Waals surface area contributed by atoms with E-state index in [1.165, 1.54) is 18.2 Å². The van der Waals surface area contributed by atoms with Crippen LogP contribution in [0.4, 0.5) is 10.5 Å². The minimum Gasteiger partial charge on any atom is -0.507 e. The molecule has 116 valence electrons. The van der Waals surface area contributed by atoms with Crippen LogP contribution in [-0.2, 0) is 4.74 Å². The van der Waals surface area contributed by atoms with Crippen LogP contribution in [0.2, 0.25) is 0 Å². The summed E-state index contributed by atoms with van der Waals surface area (Å²) in [5.41, 5.74) is 0.0504. The van der Waals surface area contributed by atoms with Crippen molar-refractivity contribution in [3.05, 3.63) is 23.8 Å². The number of rotatable bonds is 8. The first-order valence-corrected chi connectivity index (χ1v) is 6.64. The van der Waals surface area contributed by atoms with Crippen LogP contribution in [0.5, 0.6) is 5.75 Å². The van der Waals surface area contributed by atoms with Gasteiger partial charge in [0.25, 0.3) is 0 Å². The highest BCUT2D eigenvalue weighted by atomic mass is 16.5. The molecule has 7 nitrogen and oxygen atoms in total. The molecule has 0 unspecified atom stereocenters. The second-order valence-corrected chi connectivity index (χ2v) is 4.47. The highest BCUT2D eigenvalue weighted by Crippen LogP contribution is 2.21. The average molecular weight is 296 g/mol. The Morgan fingerprint density at radius 2 is 2.00 bits per heavy atom. The van der Waals surface area contributed by atoms with Gasteiger partial charge in [0.15, 0.2) is 0 Å². The van der Waals surface area contributed by atoms with Crippen molar-refractivity contribution >= 4 is 17.7 Å². The van der Waals surface area contributed by atoms with Crippen LogP contribution in [0.15, 0.2) is 18.2 Å². The Bertz CT molecular complexity index is 490. The van der Waals surface area contributed by atoms with Crippen molar-refractivity contribution in [1.82, 2.24) is 5.32 Å². The van der Waals surface area contributed by atoms with Gasteiger partial charge in [-0.15, -0.1) is 0 Å². The first-order valence-electron chi connectivity index (χ1n) is 6.64. The van der Waals surface area contributed by atoms with Gasteiger partial charge in [-0.2, -0.15) is 0 Å². The van der Waals surface area contributed by atoms with Gasteiger partial charge in [-0.3, -0.25) is 0 Å². The van der Waals surface area contributed by atoms with E-state index in [9.17, 15) is 14.7 Å². The lowest BCUT2D eigenvalue weighted by Gasteiger charge is -2.09. The Labute approximate surface area is 122 Å². The van der Waals surface area contributed by atoms with Crippen LogP contribution in [0, 0.1) is 0 Å². The molecule has 21 heavy (non-hydrogen) atoms. The summed E-state index contributed by atoms with van der Waals surface area (Å²) < 4.78 is 4.92. The SMILES string of the molecule is COCCCCCNC(=O)Nc1ccc(O)c(C(=O)O)c1. The molecular formula is C14H20N2O5. The van der Waals surface area contributed by atoms with Gasteiger partial charge < -0.3 is 25.6 Å². The number of urea groups is 1. The maximum Gasteiger partial charge on any atom is 0.339 e. The number of hydrogen-bond acceptors (Lipinski definition) is 4. The molecule has 0 bridgehead atoms. The number of unbranched alkanes of at least 4 members (excludes halogenated alkanes) is 2. The zero-order valence-corrected chi connectivity index (χ0v) is 11.9. The number of nitrogens with one attached hydrogen (secondary N) is 2. The molecule has 0 saturated carbocycles. The van der Waals surface area contributed by atoms with Gasteiger partial charge in [0.05, 0.1) is 0 Å².